The second-order valence-electron chi connectivity index (χ2n) is 11.9. The summed E-state index contributed by atoms with van der Waals surface area (Å²) in [5, 5.41) is 15.5. The maximum absolute atomic E-state index is 13.6. The number of benzene rings is 1. The van der Waals surface area contributed by atoms with E-state index in [0.29, 0.717) is 36.8 Å². The Morgan fingerprint density at radius 3 is 2.38 bits per heavy atom. The van der Waals surface area contributed by atoms with Crippen LogP contribution in [0.25, 0.3) is 10.9 Å². The molecule has 260 valence electrons. The van der Waals surface area contributed by atoms with Crippen LogP contribution in [0.15, 0.2) is 24.3 Å². The zero-order valence-corrected chi connectivity index (χ0v) is 27.8. The van der Waals surface area contributed by atoms with Gasteiger partial charge in [-0.25, -0.2) is 9.78 Å². The number of carboxylic acid groups (broad SMARTS) is 1. The molecule has 2 aliphatic rings. The third-order valence-electron chi connectivity index (χ3n) is 8.30. The Hall–Kier alpha value is -4.95. The minimum atomic E-state index is -1.41. The molecule has 2 aromatic rings. The van der Waals surface area contributed by atoms with Gasteiger partial charge in [0.2, 0.25) is 11.8 Å². The minimum absolute atomic E-state index is 0.138. The largest absolute Gasteiger partial charge is 0.481 e. The number of rotatable bonds is 12. The molecule has 3 N–H and O–H groups in total. The minimum Gasteiger partial charge on any atom is -0.481 e. The number of fused-ring (bicyclic) bond motifs is 1. The molecule has 5 amide bonds. The van der Waals surface area contributed by atoms with E-state index in [1.54, 1.807) is 26.0 Å². The zero-order chi connectivity index (χ0) is 35.0. The van der Waals surface area contributed by atoms with Gasteiger partial charge in [0.1, 0.15) is 23.5 Å². The average molecular weight is 669 g/mol. The molecule has 1 aromatic heterocycles. The molecule has 3 heterocycles. The number of aliphatic carboxylic acids is 1. The van der Waals surface area contributed by atoms with Crippen LogP contribution >= 0.6 is 0 Å². The lowest BCUT2D eigenvalue weighted by Gasteiger charge is -2.35. The van der Waals surface area contributed by atoms with Crippen molar-refractivity contribution in [3.05, 3.63) is 35.5 Å². The Balaban J connectivity index is 1.53. The van der Waals surface area contributed by atoms with Gasteiger partial charge in [0.15, 0.2) is 6.10 Å². The van der Waals surface area contributed by atoms with Crippen LogP contribution in [0.5, 0.6) is 5.75 Å². The number of hydrogen-bond donors (Lipinski definition) is 3. The maximum atomic E-state index is 13.6. The van der Waals surface area contributed by atoms with E-state index >= 15 is 0 Å². The number of carbonyl (C=O) groups excluding carboxylic acids is 5. The van der Waals surface area contributed by atoms with Crippen molar-refractivity contribution in [3.8, 4) is 5.75 Å². The molecule has 0 bridgehead atoms. The van der Waals surface area contributed by atoms with Gasteiger partial charge in [-0.15, -0.1) is 0 Å². The molecular formula is C33H44N6O9. The lowest BCUT2D eigenvalue weighted by atomic mass is 10.1. The molecule has 0 unspecified atom stereocenters. The van der Waals surface area contributed by atoms with Gasteiger partial charge in [0, 0.05) is 50.7 Å². The molecule has 1 aromatic carbocycles. The predicted octanol–water partition coefficient (Wildman–Crippen LogP) is 1.70. The highest BCUT2D eigenvalue weighted by Gasteiger charge is 2.37. The van der Waals surface area contributed by atoms with Gasteiger partial charge in [-0.1, -0.05) is 13.0 Å². The van der Waals surface area contributed by atoms with Crippen LogP contribution in [0.1, 0.15) is 62.5 Å². The molecule has 15 heteroatoms. The first-order valence-corrected chi connectivity index (χ1v) is 16.3. The van der Waals surface area contributed by atoms with E-state index in [4.69, 9.17) is 9.47 Å². The number of aromatic nitrogens is 1. The van der Waals surface area contributed by atoms with Crippen LogP contribution < -0.4 is 15.4 Å². The van der Waals surface area contributed by atoms with E-state index in [0.717, 1.165) is 12.0 Å². The summed E-state index contributed by atoms with van der Waals surface area (Å²) in [6, 6.07) is 4.69. The van der Waals surface area contributed by atoms with Crippen LogP contribution in [-0.4, -0.2) is 125 Å². The Morgan fingerprint density at radius 2 is 1.71 bits per heavy atom. The second-order valence-corrected chi connectivity index (χ2v) is 11.9. The van der Waals surface area contributed by atoms with Gasteiger partial charge in [-0.3, -0.25) is 24.0 Å². The number of piperazine rings is 1. The maximum Gasteiger partial charge on any atom is 0.409 e. The van der Waals surface area contributed by atoms with Gasteiger partial charge in [-0.05, 0) is 57.7 Å². The number of carbonyl (C=O) groups is 6. The van der Waals surface area contributed by atoms with Gasteiger partial charge in [0.05, 0.1) is 18.5 Å². The molecule has 2 saturated heterocycles. The summed E-state index contributed by atoms with van der Waals surface area (Å²) >= 11 is 0. The van der Waals surface area contributed by atoms with Gasteiger partial charge < -0.3 is 39.9 Å². The highest BCUT2D eigenvalue weighted by Crippen LogP contribution is 2.29. The van der Waals surface area contributed by atoms with E-state index in [2.05, 4.69) is 15.6 Å². The predicted molar refractivity (Wildman–Crippen MR) is 173 cm³/mol. The number of amides is 5. The fourth-order valence-corrected chi connectivity index (χ4v) is 5.82. The van der Waals surface area contributed by atoms with Crippen molar-refractivity contribution >= 4 is 46.6 Å². The fraction of sp³-hybridized carbons (Fsp3) is 0.545. The summed E-state index contributed by atoms with van der Waals surface area (Å²) in [6.45, 7) is 8.88. The molecule has 2 aliphatic heterocycles. The van der Waals surface area contributed by atoms with E-state index in [-0.39, 0.29) is 56.0 Å². The van der Waals surface area contributed by atoms with Gasteiger partial charge in [-0.2, -0.15) is 0 Å². The molecule has 0 saturated carbocycles. The molecule has 2 fully saturated rings. The van der Waals surface area contributed by atoms with Gasteiger partial charge >= 0.3 is 12.1 Å². The fourth-order valence-electron chi connectivity index (χ4n) is 5.82. The number of pyridine rings is 1. The molecule has 0 radical (unpaired) electrons. The Labute approximate surface area is 278 Å². The Morgan fingerprint density at radius 1 is 1.00 bits per heavy atom. The van der Waals surface area contributed by atoms with Crippen molar-refractivity contribution in [2.75, 3.05) is 45.9 Å². The molecule has 0 aliphatic carbocycles. The summed E-state index contributed by atoms with van der Waals surface area (Å²) in [7, 11) is 0. The lowest BCUT2D eigenvalue weighted by molar-refractivity contribution is -0.143. The number of hydrogen-bond acceptors (Lipinski definition) is 9. The number of nitrogens with one attached hydrogen (secondary N) is 2. The standard InChI is InChI=1S/C33H44N6O9/c1-5-11-34-30(43)26-8-7-12-39(26)31(44)21(4)48-27-18-24(35-23-17-20(3)9-10-22(23)27)29(42)36-25(19-28(40)41)32(45)37-13-15-38(16-14-37)33(46)47-6-2/h9-10,17-18,21,25-26H,5-8,11-16,19H2,1-4H3,(H,34,43)(H,36,42)(H,40,41)/t21-,25+,26+/m1/s1. The number of aryl methyl sites for hydroxylation is 1. The van der Waals surface area contributed by atoms with Crippen molar-refractivity contribution in [1.29, 1.82) is 0 Å². The summed E-state index contributed by atoms with van der Waals surface area (Å²) in [5.41, 5.74) is 1.10. The normalized spacial score (nSPS) is 17.4. The summed E-state index contributed by atoms with van der Waals surface area (Å²) in [5.74, 6) is -3.09. The molecule has 48 heavy (non-hydrogen) atoms. The first-order chi connectivity index (χ1) is 22.9. The molecule has 4 rings (SSSR count). The van der Waals surface area contributed by atoms with Crippen molar-refractivity contribution < 1.29 is 43.3 Å². The number of nitrogens with zero attached hydrogens (tertiary/aromatic N) is 4. The molecule has 15 nitrogen and oxygen atoms in total. The summed E-state index contributed by atoms with van der Waals surface area (Å²) < 4.78 is 11.2. The topological polar surface area (TPSA) is 188 Å². The third kappa shape index (κ3) is 8.69. The van der Waals surface area contributed by atoms with Crippen LogP contribution in [0.3, 0.4) is 0 Å². The Bertz CT molecular complexity index is 1540. The molecular weight excluding hydrogens is 624 g/mol. The highest BCUT2D eigenvalue weighted by atomic mass is 16.6. The number of ether oxygens (including phenoxy) is 2. The average Bonchev–Trinajstić information content (AvgIpc) is 3.56. The first-order valence-electron chi connectivity index (χ1n) is 16.3. The van der Waals surface area contributed by atoms with E-state index in [1.165, 1.54) is 20.8 Å². The van der Waals surface area contributed by atoms with Crippen molar-refractivity contribution in [2.45, 2.75) is 71.6 Å². The monoisotopic (exact) mass is 668 g/mol. The van der Waals surface area contributed by atoms with Crippen LogP contribution in [0, 0.1) is 6.92 Å². The first kappa shape index (κ1) is 35.9. The lowest BCUT2D eigenvalue weighted by Crippen LogP contribution is -2.56. The molecule has 0 spiro atoms. The van der Waals surface area contributed by atoms with E-state index < -0.39 is 48.5 Å². The van der Waals surface area contributed by atoms with Crippen LogP contribution in [-0.2, 0) is 23.9 Å². The smallest absolute Gasteiger partial charge is 0.409 e. The highest BCUT2D eigenvalue weighted by molar-refractivity contribution is 6.00. The quantitative estimate of drug-likeness (QED) is 0.300. The van der Waals surface area contributed by atoms with E-state index in [9.17, 15) is 33.9 Å². The second kappa shape index (κ2) is 16.2. The van der Waals surface area contributed by atoms with Gasteiger partial charge in [0.25, 0.3) is 11.8 Å². The third-order valence-corrected chi connectivity index (χ3v) is 8.30. The van der Waals surface area contributed by atoms with Crippen LogP contribution in [0.2, 0.25) is 0 Å². The molecule has 3 atom stereocenters. The number of likely N-dealkylation sites (tertiary alicyclic amines) is 1. The van der Waals surface area contributed by atoms with Crippen molar-refractivity contribution in [3.63, 3.8) is 0 Å². The Kier molecular flexibility index (Phi) is 12.1. The van der Waals surface area contributed by atoms with E-state index in [1.807, 2.05) is 19.9 Å². The zero-order valence-electron chi connectivity index (χ0n) is 27.8. The summed E-state index contributed by atoms with van der Waals surface area (Å²) in [6.07, 6.45) is -0.177. The van der Waals surface area contributed by atoms with Crippen molar-refractivity contribution in [2.24, 2.45) is 0 Å². The summed E-state index contributed by atoms with van der Waals surface area (Å²) in [4.78, 5) is 85.8. The van der Waals surface area contributed by atoms with Crippen LogP contribution in [0.4, 0.5) is 4.79 Å². The number of carboxylic acids is 1. The SMILES string of the molecule is CCCNC(=O)[C@@H]1CCCN1C(=O)[C@@H](C)Oc1cc(C(=O)N[C@@H](CC(=O)O)C(=O)N2CCN(C(=O)OCC)CC2)nc2cc(C)ccc12. The van der Waals surface area contributed by atoms with Crippen molar-refractivity contribution in [1.82, 2.24) is 30.3 Å².